The monoisotopic (exact) mass is 365 g/mol. The lowest BCUT2D eigenvalue weighted by Gasteiger charge is -2.11. The Labute approximate surface area is 156 Å². The average molecular weight is 365 g/mol. The number of aromatic amines is 1. The Balaban J connectivity index is 1.61. The minimum Gasteiger partial charge on any atom is -0.333 e. The third kappa shape index (κ3) is 4.40. The van der Waals surface area contributed by atoms with Gasteiger partial charge in [-0.15, -0.1) is 0 Å². The molecule has 6 heteroatoms. The van der Waals surface area contributed by atoms with Crippen LogP contribution in [0.3, 0.4) is 0 Å². The Morgan fingerprint density at radius 1 is 1.08 bits per heavy atom. The molecular weight excluding hydrogens is 346 g/mol. The summed E-state index contributed by atoms with van der Waals surface area (Å²) in [6.45, 7) is 3.34. The summed E-state index contributed by atoms with van der Waals surface area (Å²) in [4.78, 5) is 31.2. The number of thioether (sulfide) groups is 1. The number of rotatable bonds is 6. The molecule has 5 nitrogen and oxygen atoms in total. The summed E-state index contributed by atoms with van der Waals surface area (Å²) in [7, 11) is 0. The fourth-order valence-electron chi connectivity index (χ4n) is 2.38. The molecule has 0 radical (unpaired) electrons. The van der Waals surface area contributed by atoms with Crippen molar-refractivity contribution in [2.24, 2.45) is 0 Å². The van der Waals surface area contributed by atoms with E-state index in [0.717, 1.165) is 11.3 Å². The molecular formula is C20H19N3O2S. The van der Waals surface area contributed by atoms with Crippen LogP contribution in [0, 0.1) is 0 Å². The van der Waals surface area contributed by atoms with Gasteiger partial charge >= 0.3 is 0 Å². The number of Topliss-reactive ketones (excluding diaryl/α,β-unsaturated/α-hetero) is 1. The van der Waals surface area contributed by atoms with Gasteiger partial charge in [-0.05, 0) is 43.7 Å². The number of carbonyl (C=O) groups excluding carboxylic acids is 2. The minimum atomic E-state index is -0.322. The largest absolute Gasteiger partial charge is 0.333 e. The predicted molar refractivity (Wildman–Crippen MR) is 104 cm³/mol. The summed E-state index contributed by atoms with van der Waals surface area (Å²) in [5.74, 6) is -0.123. The van der Waals surface area contributed by atoms with E-state index in [1.165, 1.54) is 18.7 Å². The van der Waals surface area contributed by atoms with Gasteiger partial charge in [0.1, 0.15) is 0 Å². The molecule has 2 N–H and O–H groups in total. The van der Waals surface area contributed by atoms with Crippen molar-refractivity contribution in [1.29, 1.82) is 0 Å². The number of aromatic nitrogens is 2. The van der Waals surface area contributed by atoms with E-state index in [9.17, 15) is 9.59 Å². The summed E-state index contributed by atoms with van der Waals surface area (Å²) in [6, 6.07) is 16.8. The third-order valence-electron chi connectivity index (χ3n) is 3.85. The lowest BCUT2D eigenvalue weighted by atomic mass is 10.1. The second-order valence-electron chi connectivity index (χ2n) is 5.85. The molecule has 0 aliphatic carbocycles. The van der Waals surface area contributed by atoms with Gasteiger partial charge in [0.2, 0.25) is 5.91 Å². The number of hydrogen-bond acceptors (Lipinski definition) is 4. The normalized spacial score (nSPS) is 11.8. The number of benzene rings is 2. The van der Waals surface area contributed by atoms with Gasteiger partial charge in [-0.2, -0.15) is 0 Å². The average Bonchev–Trinajstić information content (AvgIpc) is 3.11. The second-order valence-corrected chi connectivity index (χ2v) is 7.18. The standard InChI is InChI=1S/C20H19N3O2S/c1-13(24)15-8-10-17(11-9-15)22-19(25)14(2)26-20-21-12-18(23-20)16-6-4-3-5-7-16/h3-12,14H,1-2H3,(H,21,23)(H,22,25). The lowest BCUT2D eigenvalue weighted by molar-refractivity contribution is -0.115. The lowest BCUT2D eigenvalue weighted by Crippen LogP contribution is -2.22. The molecule has 3 aromatic rings. The Hall–Kier alpha value is -2.86. The number of imidazole rings is 1. The molecule has 132 valence electrons. The molecule has 0 spiro atoms. The number of carbonyl (C=O) groups is 2. The topological polar surface area (TPSA) is 74.8 Å². The fourth-order valence-corrected chi connectivity index (χ4v) is 3.16. The van der Waals surface area contributed by atoms with Gasteiger partial charge in [0.25, 0.3) is 0 Å². The summed E-state index contributed by atoms with van der Waals surface area (Å²) < 4.78 is 0. The third-order valence-corrected chi connectivity index (χ3v) is 4.85. The van der Waals surface area contributed by atoms with Gasteiger partial charge in [-0.3, -0.25) is 9.59 Å². The molecule has 26 heavy (non-hydrogen) atoms. The maximum atomic E-state index is 12.4. The molecule has 1 atom stereocenters. The van der Waals surface area contributed by atoms with Crippen molar-refractivity contribution in [2.75, 3.05) is 5.32 Å². The van der Waals surface area contributed by atoms with Crippen molar-refractivity contribution in [3.05, 3.63) is 66.4 Å². The van der Waals surface area contributed by atoms with E-state index < -0.39 is 0 Å². The van der Waals surface area contributed by atoms with E-state index in [4.69, 9.17) is 0 Å². The SMILES string of the molecule is CC(=O)c1ccc(NC(=O)C(C)Sc2ncc(-c3ccccc3)[nH]2)cc1. The van der Waals surface area contributed by atoms with Crippen LogP contribution in [-0.4, -0.2) is 26.9 Å². The van der Waals surface area contributed by atoms with Crippen LogP contribution in [0.4, 0.5) is 5.69 Å². The highest BCUT2D eigenvalue weighted by atomic mass is 32.2. The van der Waals surface area contributed by atoms with Gasteiger partial charge in [0.15, 0.2) is 10.9 Å². The van der Waals surface area contributed by atoms with Crippen LogP contribution in [0.5, 0.6) is 0 Å². The van der Waals surface area contributed by atoms with Crippen LogP contribution in [0.1, 0.15) is 24.2 Å². The maximum absolute atomic E-state index is 12.4. The zero-order valence-electron chi connectivity index (χ0n) is 14.5. The zero-order chi connectivity index (χ0) is 18.5. The Morgan fingerprint density at radius 3 is 2.42 bits per heavy atom. The molecule has 1 unspecified atom stereocenters. The second kappa shape index (κ2) is 8.01. The van der Waals surface area contributed by atoms with Crippen molar-refractivity contribution in [3.8, 4) is 11.3 Å². The van der Waals surface area contributed by atoms with E-state index in [2.05, 4.69) is 15.3 Å². The highest BCUT2D eigenvalue weighted by molar-refractivity contribution is 8.00. The van der Waals surface area contributed by atoms with Crippen molar-refractivity contribution < 1.29 is 9.59 Å². The molecule has 0 saturated heterocycles. The Bertz CT molecular complexity index is 904. The minimum absolute atomic E-state index is 0.00107. The number of ketones is 1. The number of anilines is 1. The summed E-state index contributed by atoms with van der Waals surface area (Å²) in [6.07, 6.45) is 1.77. The van der Waals surface area contributed by atoms with Crippen molar-refractivity contribution in [1.82, 2.24) is 9.97 Å². The van der Waals surface area contributed by atoms with Crippen LogP contribution in [0.15, 0.2) is 66.0 Å². The van der Waals surface area contributed by atoms with Crippen molar-refractivity contribution >= 4 is 29.1 Å². The van der Waals surface area contributed by atoms with Crippen molar-refractivity contribution in [3.63, 3.8) is 0 Å². The van der Waals surface area contributed by atoms with Crippen LogP contribution in [-0.2, 0) is 4.79 Å². The van der Waals surface area contributed by atoms with E-state index >= 15 is 0 Å². The molecule has 0 aliphatic rings. The number of nitrogens with zero attached hydrogens (tertiary/aromatic N) is 1. The first kappa shape index (κ1) is 17.9. The zero-order valence-corrected chi connectivity index (χ0v) is 15.3. The molecule has 0 aliphatic heterocycles. The van der Waals surface area contributed by atoms with Gasteiger partial charge in [0, 0.05) is 11.3 Å². The number of amides is 1. The van der Waals surface area contributed by atoms with Gasteiger partial charge < -0.3 is 10.3 Å². The number of H-pyrrole nitrogens is 1. The maximum Gasteiger partial charge on any atom is 0.237 e. The van der Waals surface area contributed by atoms with Crippen LogP contribution < -0.4 is 5.32 Å². The Kier molecular flexibility index (Phi) is 5.53. The smallest absolute Gasteiger partial charge is 0.237 e. The summed E-state index contributed by atoms with van der Waals surface area (Å²) in [5, 5.41) is 3.22. The highest BCUT2D eigenvalue weighted by Crippen LogP contribution is 2.25. The summed E-state index contributed by atoms with van der Waals surface area (Å²) in [5.41, 5.74) is 3.25. The first-order valence-electron chi connectivity index (χ1n) is 8.22. The summed E-state index contributed by atoms with van der Waals surface area (Å²) >= 11 is 1.36. The number of nitrogens with one attached hydrogen (secondary N) is 2. The fraction of sp³-hybridized carbons (Fsp3) is 0.150. The van der Waals surface area contributed by atoms with Gasteiger partial charge in [0.05, 0.1) is 17.1 Å². The van der Waals surface area contributed by atoms with Crippen LogP contribution in [0.2, 0.25) is 0 Å². The first-order chi connectivity index (χ1) is 12.5. The molecule has 1 amide bonds. The predicted octanol–water partition coefficient (Wildman–Crippen LogP) is 4.40. The van der Waals surface area contributed by atoms with E-state index in [1.54, 1.807) is 30.5 Å². The van der Waals surface area contributed by atoms with E-state index in [-0.39, 0.29) is 16.9 Å². The molecule has 0 fully saturated rings. The highest BCUT2D eigenvalue weighted by Gasteiger charge is 2.17. The molecule has 1 heterocycles. The van der Waals surface area contributed by atoms with Gasteiger partial charge in [-0.25, -0.2) is 4.98 Å². The van der Waals surface area contributed by atoms with Gasteiger partial charge in [-0.1, -0.05) is 42.1 Å². The first-order valence-corrected chi connectivity index (χ1v) is 9.10. The molecule has 0 saturated carbocycles. The van der Waals surface area contributed by atoms with Crippen LogP contribution in [0.25, 0.3) is 11.3 Å². The van der Waals surface area contributed by atoms with Crippen molar-refractivity contribution in [2.45, 2.75) is 24.3 Å². The molecule has 2 aromatic carbocycles. The molecule has 0 bridgehead atoms. The van der Waals surface area contributed by atoms with Crippen LogP contribution >= 0.6 is 11.8 Å². The quantitative estimate of drug-likeness (QED) is 0.501. The number of hydrogen-bond donors (Lipinski definition) is 2. The molecule has 3 rings (SSSR count). The van der Waals surface area contributed by atoms with E-state index in [0.29, 0.717) is 16.4 Å². The van der Waals surface area contributed by atoms with E-state index in [1.807, 2.05) is 37.3 Å². The Morgan fingerprint density at radius 2 is 1.77 bits per heavy atom. The molecule has 1 aromatic heterocycles.